The quantitative estimate of drug-likeness (QED) is 0.538. The van der Waals surface area contributed by atoms with Crippen molar-refractivity contribution in [2.24, 2.45) is 0 Å². The first-order chi connectivity index (χ1) is 14.3. The minimum absolute atomic E-state index is 0.0769. The summed E-state index contributed by atoms with van der Waals surface area (Å²) in [7, 11) is 0. The number of aromatic nitrogens is 4. The summed E-state index contributed by atoms with van der Waals surface area (Å²) >= 11 is 1.59. The highest BCUT2D eigenvalue weighted by Crippen LogP contribution is 2.43. The van der Waals surface area contributed by atoms with E-state index in [2.05, 4.69) is 25.7 Å². The average Bonchev–Trinajstić information content (AvgIpc) is 3.15. The number of rotatable bonds is 4. The Morgan fingerprint density at radius 1 is 1.31 bits per heavy atom. The van der Waals surface area contributed by atoms with E-state index in [0.29, 0.717) is 17.2 Å². The Morgan fingerprint density at radius 3 is 3.07 bits per heavy atom. The molecule has 146 valence electrons. The molecule has 7 nitrogen and oxygen atoms in total. The van der Waals surface area contributed by atoms with Crippen LogP contribution >= 0.6 is 11.3 Å². The summed E-state index contributed by atoms with van der Waals surface area (Å²) in [5.41, 5.74) is 5.03. The van der Waals surface area contributed by atoms with Crippen molar-refractivity contribution in [1.29, 1.82) is 0 Å². The van der Waals surface area contributed by atoms with Crippen LogP contribution in [0.4, 0.5) is 0 Å². The number of hydrogen-bond donors (Lipinski definition) is 2. The van der Waals surface area contributed by atoms with Gasteiger partial charge in [0.1, 0.15) is 0 Å². The summed E-state index contributed by atoms with van der Waals surface area (Å²) in [5.74, 6) is 0.285. The Hall–Kier alpha value is -3.00. The van der Waals surface area contributed by atoms with E-state index in [9.17, 15) is 4.79 Å². The molecule has 1 fully saturated rings. The Balaban J connectivity index is 1.38. The monoisotopic (exact) mass is 405 g/mol. The van der Waals surface area contributed by atoms with Crippen molar-refractivity contribution < 1.29 is 9.32 Å². The first-order valence-corrected chi connectivity index (χ1v) is 10.8. The fraction of sp³-hybridized carbons (Fsp3) is 0.333. The number of thiophene rings is 1. The van der Waals surface area contributed by atoms with Gasteiger partial charge < -0.3 is 9.84 Å². The molecule has 4 heterocycles. The lowest BCUT2D eigenvalue weighted by atomic mass is 9.93. The van der Waals surface area contributed by atoms with Crippen LogP contribution < -0.4 is 5.32 Å². The first kappa shape index (κ1) is 16.9. The Labute approximate surface area is 170 Å². The smallest absolute Gasteiger partial charge is 0.259 e. The van der Waals surface area contributed by atoms with Crippen molar-refractivity contribution in [3.8, 4) is 10.6 Å². The molecule has 0 bridgehead atoms. The van der Waals surface area contributed by atoms with Gasteiger partial charge in [0.05, 0.1) is 33.4 Å². The van der Waals surface area contributed by atoms with Gasteiger partial charge >= 0.3 is 0 Å². The molecule has 6 rings (SSSR count). The van der Waals surface area contributed by atoms with Gasteiger partial charge in [-0.2, -0.15) is 5.10 Å². The third kappa shape index (κ3) is 2.95. The van der Waals surface area contributed by atoms with Crippen LogP contribution in [-0.4, -0.2) is 32.3 Å². The van der Waals surface area contributed by atoms with Crippen molar-refractivity contribution in [3.63, 3.8) is 0 Å². The number of hydrogen-bond acceptors (Lipinski definition) is 6. The summed E-state index contributed by atoms with van der Waals surface area (Å²) in [6.07, 6.45) is 6.65. The third-order valence-corrected chi connectivity index (χ3v) is 6.70. The summed E-state index contributed by atoms with van der Waals surface area (Å²) < 4.78 is 5.56. The molecule has 0 aliphatic heterocycles. The molecule has 4 aromatic heterocycles. The van der Waals surface area contributed by atoms with Crippen LogP contribution in [0.15, 0.2) is 34.3 Å². The second-order valence-corrected chi connectivity index (χ2v) is 8.79. The zero-order chi connectivity index (χ0) is 19.4. The van der Waals surface area contributed by atoms with Gasteiger partial charge in [-0.15, -0.1) is 11.3 Å². The van der Waals surface area contributed by atoms with E-state index >= 15 is 0 Å². The third-order valence-electron chi connectivity index (χ3n) is 5.81. The van der Waals surface area contributed by atoms with Crippen LogP contribution in [0.5, 0.6) is 0 Å². The molecular weight excluding hydrogens is 386 g/mol. The van der Waals surface area contributed by atoms with E-state index in [1.165, 1.54) is 5.56 Å². The fourth-order valence-corrected chi connectivity index (χ4v) is 4.82. The lowest BCUT2D eigenvalue weighted by Gasteiger charge is -2.23. The number of aromatic amines is 1. The summed E-state index contributed by atoms with van der Waals surface area (Å²) in [4.78, 5) is 19.0. The Morgan fingerprint density at radius 2 is 2.24 bits per heavy atom. The van der Waals surface area contributed by atoms with Gasteiger partial charge in [0, 0.05) is 24.1 Å². The molecule has 4 aromatic rings. The molecule has 0 radical (unpaired) electrons. The molecule has 0 saturated heterocycles. The lowest BCUT2D eigenvalue weighted by Crippen LogP contribution is -2.39. The number of amides is 1. The predicted molar refractivity (Wildman–Crippen MR) is 109 cm³/mol. The average molecular weight is 405 g/mol. The number of pyridine rings is 1. The molecule has 0 spiro atoms. The summed E-state index contributed by atoms with van der Waals surface area (Å²) in [6.45, 7) is 0. The van der Waals surface area contributed by atoms with Gasteiger partial charge in [0.25, 0.3) is 11.6 Å². The molecule has 1 saturated carbocycles. The van der Waals surface area contributed by atoms with Crippen molar-refractivity contribution in [3.05, 3.63) is 52.3 Å². The van der Waals surface area contributed by atoms with Gasteiger partial charge in [-0.25, -0.2) is 4.98 Å². The van der Waals surface area contributed by atoms with Crippen molar-refractivity contribution >= 4 is 28.3 Å². The number of nitrogens with one attached hydrogen (secondary N) is 2. The number of aryl methyl sites for hydroxylation is 1. The standard InChI is InChI=1S/C21H19N5O2S/c27-20(23-13-6-5-12-10-22-25-15(12)8-13)14-9-16(17-2-1-7-29-17)24-21-18(14)19(26-28-21)11-3-4-11/h1-2,7,9-11,13H,3-6,8H2,(H,22,25)(H,23,27). The molecule has 1 amide bonds. The number of nitrogens with zero attached hydrogens (tertiary/aromatic N) is 3. The highest BCUT2D eigenvalue weighted by atomic mass is 32.1. The van der Waals surface area contributed by atoms with Gasteiger partial charge in [-0.1, -0.05) is 11.2 Å². The molecule has 0 aromatic carbocycles. The fourth-order valence-electron chi connectivity index (χ4n) is 4.13. The van der Waals surface area contributed by atoms with Crippen molar-refractivity contribution in [1.82, 2.24) is 25.7 Å². The zero-order valence-electron chi connectivity index (χ0n) is 15.6. The zero-order valence-corrected chi connectivity index (χ0v) is 16.5. The maximum absolute atomic E-state index is 13.4. The highest BCUT2D eigenvalue weighted by molar-refractivity contribution is 7.13. The molecule has 2 aliphatic carbocycles. The molecular formula is C21H19N5O2S. The molecule has 8 heteroatoms. The van der Waals surface area contributed by atoms with Gasteiger partial charge in [-0.3, -0.25) is 9.89 Å². The van der Waals surface area contributed by atoms with Gasteiger partial charge in [0.2, 0.25) is 0 Å². The lowest BCUT2D eigenvalue weighted by molar-refractivity contribution is 0.0935. The van der Waals surface area contributed by atoms with E-state index in [4.69, 9.17) is 4.52 Å². The van der Waals surface area contributed by atoms with Gasteiger partial charge in [0.15, 0.2) is 0 Å². The normalized spacial score (nSPS) is 18.7. The van der Waals surface area contributed by atoms with E-state index in [0.717, 1.165) is 59.4 Å². The molecule has 1 atom stereocenters. The minimum atomic E-state index is -0.0896. The maximum Gasteiger partial charge on any atom is 0.259 e. The van der Waals surface area contributed by atoms with E-state index in [1.807, 2.05) is 29.8 Å². The first-order valence-electron chi connectivity index (χ1n) is 9.92. The van der Waals surface area contributed by atoms with Crippen LogP contribution in [0.2, 0.25) is 0 Å². The molecule has 29 heavy (non-hydrogen) atoms. The Bertz CT molecular complexity index is 1210. The number of H-pyrrole nitrogens is 1. The summed E-state index contributed by atoms with van der Waals surface area (Å²) in [6, 6.07) is 5.94. The van der Waals surface area contributed by atoms with E-state index in [-0.39, 0.29) is 11.9 Å². The molecule has 2 aliphatic rings. The number of carbonyl (C=O) groups excluding carboxylic acids is 1. The number of fused-ring (bicyclic) bond motifs is 2. The maximum atomic E-state index is 13.4. The van der Waals surface area contributed by atoms with Crippen LogP contribution in [0, 0.1) is 0 Å². The van der Waals surface area contributed by atoms with Crippen LogP contribution in [-0.2, 0) is 12.8 Å². The molecule has 1 unspecified atom stereocenters. The minimum Gasteiger partial charge on any atom is -0.349 e. The summed E-state index contributed by atoms with van der Waals surface area (Å²) in [5, 5.41) is 17.4. The van der Waals surface area contributed by atoms with Crippen LogP contribution in [0.25, 0.3) is 21.7 Å². The van der Waals surface area contributed by atoms with Crippen LogP contribution in [0.3, 0.4) is 0 Å². The SMILES string of the molecule is O=C(NC1CCc2cn[nH]c2C1)c1cc(-c2cccs2)nc2onc(C3CC3)c12. The van der Waals surface area contributed by atoms with Crippen molar-refractivity contribution in [2.45, 2.75) is 44.1 Å². The van der Waals surface area contributed by atoms with E-state index in [1.54, 1.807) is 11.3 Å². The predicted octanol–water partition coefficient (Wildman–Crippen LogP) is 3.84. The molecule has 2 N–H and O–H groups in total. The van der Waals surface area contributed by atoms with E-state index < -0.39 is 0 Å². The topological polar surface area (TPSA) is 96.7 Å². The van der Waals surface area contributed by atoms with Crippen LogP contribution in [0.1, 0.15) is 52.5 Å². The Kier molecular flexibility index (Phi) is 3.80. The largest absolute Gasteiger partial charge is 0.349 e. The second-order valence-electron chi connectivity index (χ2n) is 7.84. The van der Waals surface area contributed by atoms with Gasteiger partial charge in [-0.05, 0) is 48.8 Å². The second kappa shape index (κ2) is 6.52. The highest BCUT2D eigenvalue weighted by Gasteiger charge is 2.33. The van der Waals surface area contributed by atoms with Crippen molar-refractivity contribution in [2.75, 3.05) is 0 Å². The number of carbonyl (C=O) groups is 1.